The summed E-state index contributed by atoms with van der Waals surface area (Å²) in [6, 6.07) is 15.6. The number of imide groups is 2. The predicted octanol–water partition coefficient (Wildman–Crippen LogP) is 5.15. The zero-order valence-corrected chi connectivity index (χ0v) is 19.2. The van der Waals surface area contributed by atoms with Crippen LogP contribution in [0.1, 0.15) is 11.1 Å². The fourth-order valence-corrected chi connectivity index (χ4v) is 3.76. The topological polar surface area (TPSA) is 119 Å². The van der Waals surface area contributed by atoms with E-state index in [-0.39, 0.29) is 23.6 Å². The number of benzene rings is 3. The zero-order chi connectivity index (χ0) is 25.1. The third-order valence-electron chi connectivity index (χ3n) is 4.98. The third-order valence-corrected chi connectivity index (χ3v) is 5.57. The van der Waals surface area contributed by atoms with E-state index in [1.165, 1.54) is 24.3 Å². The molecule has 1 aliphatic heterocycles. The molecule has 9 nitrogen and oxygen atoms in total. The average Bonchev–Trinajstić information content (AvgIpc) is 2.81. The number of non-ortho nitro benzene ring substituents is 1. The number of urea groups is 1. The molecule has 1 saturated heterocycles. The van der Waals surface area contributed by atoms with Crippen molar-refractivity contribution in [2.45, 2.75) is 6.61 Å². The number of nitrogens with zero attached hydrogens (tertiary/aromatic N) is 2. The van der Waals surface area contributed by atoms with Crippen LogP contribution in [0, 0.1) is 10.1 Å². The Labute approximate surface area is 208 Å². The van der Waals surface area contributed by atoms with E-state index in [2.05, 4.69) is 5.32 Å². The summed E-state index contributed by atoms with van der Waals surface area (Å²) in [6.07, 6.45) is 1.30. The SMILES string of the molecule is O=C1NC(=O)N(c2cccc([N+](=O)[O-])c2)C(=O)/C1=C\c1cccc(OCc2ccc(Cl)cc2Cl)c1. The number of amides is 4. The van der Waals surface area contributed by atoms with Crippen LogP contribution >= 0.6 is 23.2 Å². The number of halogens is 2. The summed E-state index contributed by atoms with van der Waals surface area (Å²) in [6.45, 7) is 0.157. The van der Waals surface area contributed by atoms with Gasteiger partial charge >= 0.3 is 6.03 Å². The van der Waals surface area contributed by atoms with Crippen LogP contribution in [0.4, 0.5) is 16.2 Å². The van der Waals surface area contributed by atoms with Gasteiger partial charge in [-0.25, -0.2) is 9.69 Å². The second-order valence-corrected chi connectivity index (χ2v) is 8.18. The maximum absolute atomic E-state index is 13.0. The molecule has 3 aromatic rings. The van der Waals surface area contributed by atoms with E-state index in [0.717, 1.165) is 6.07 Å². The Morgan fingerprint density at radius 3 is 2.51 bits per heavy atom. The zero-order valence-electron chi connectivity index (χ0n) is 17.7. The lowest BCUT2D eigenvalue weighted by molar-refractivity contribution is -0.384. The van der Waals surface area contributed by atoms with Crippen molar-refractivity contribution in [1.29, 1.82) is 0 Å². The van der Waals surface area contributed by atoms with Crippen molar-refractivity contribution in [3.05, 3.63) is 104 Å². The Bertz CT molecular complexity index is 1410. The summed E-state index contributed by atoms with van der Waals surface area (Å²) in [5.74, 6) is -1.36. The highest BCUT2D eigenvalue weighted by Gasteiger charge is 2.37. The molecule has 0 aromatic heterocycles. The molecule has 4 amide bonds. The predicted molar refractivity (Wildman–Crippen MR) is 129 cm³/mol. The van der Waals surface area contributed by atoms with Crippen molar-refractivity contribution in [3.8, 4) is 5.75 Å². The van der Waals surface area contributed by atoms with Gasteiger partial charge < -0.3 is 4.74 Å². The van der Waals surface area contributed by atoms with Gasteiger partial charge in [0.05, 0.1) is 10.6 Å². The Morgan fingerprint density at radius 1 is 1.00 bits per heavy atom. The van der Waals surface area contributed by atoms with Crippen LogP contribution in [0.5, 0.6) is 5.75 Å². The van der Waals surface area contributed by atoms with Crippen LogP contribution in [0.3, 0.4) is 0 Å². The highest BCUT2D eigenvalue weighted by Crippen LogP contribution is 2.27. The second kappa shape index (κ2) is 9.96. The molecule has 1 fully saturated rings. The van der Waals surface area contributed by atoms with Crippen LogP contribution < -0.4 is 15.0 Å². The molecular formula is C24H15Cl2N3O6. The largest absolute Gasteiger partial charge is 0.489 e. The Morgan fingerprint density at radius 2 is 1.77 bits per heavy atom. The van der Waals surface area contributed by atoms with Gasteiger partial charge in [0, 0.05) is 27.7 Å². The Kier molecular flexibility index (Phi) is 6.81. The standard InChI is InChI=1S/C24H15Cl2N3O6/c25-16-8-7-15(21(26)11-16)13-35-19-6-1-3-14(9-19)10-20-22(30)27-24(32)28(23(20)31)17-4-2-5-18(12-17)29(33)34/h1-12H,13H2,(H,27,30,32)/b20-10-. The van der Waals surface area contributed by atoms with Crippen molar-refractivity contribution in [2.24, 2.45) is 0 Å². The Balaban J connectivity index is 1.59. The summed E-state index contributed by atoms with van der Waals surface area (Å²) in [4.78, 5) is 48.9. The molecule has 0 radical (unpaired) electrons. The number of ether oxygens (including phenoxy) is 1. The van der Waals surface area contributed by atoms with Gasteiger partial charge in [0.2, 0.25) is 0 Å². The fraction of sp³-hybridized carbons (Fsp3) is 0.0417. The van der Waals surface area contributed by atoms with E-state index in [0.29, 0.717) is 31.8 Å². The molecule has 0 aliphatic carbocycles. The summed E-state index contributed by atoms with van der Waals surface area (Å²) in [5, 5.41) is 14.1. The summed E-state index contributed by atoms with van der Waals surface area (Å²) in [5.41, 5.74) is 0.492. The van der Waals surface area contributed by atoms with Crippen LogP contribution in [-0.4, -0.2) is 22.8 Å². The monoisotopic (exact) mass is 511 g/mol. The van der Waals surface area contributed by atoms with Crippen LogP contribution in [0.15, 0.2) is 72.3 Å². The molecule has 3 aromatic carbocycles. The molecule has 1 aliphatic rings. The lowest BCUT2D eigenvalue weighted by Gasteiger charge is -2.26. The number of carbonyl (C=O) groups excluding carboxylic acids is 3. The number of rotatable bonds is 6. The maximum atomic E-state index is 13.0. The minimum Gasteiger partial charge on any atom is -0.489 e. The lowest BCUT2D eigenvalue weighted by Crippen LogP contribution is -2.54. The number of hydrogen-bond donors (Lipinski definition) is 1. The molecule has 0 spiro atoms. The van der Waals surface area contributed by atoms with E-state index < -0.39 is 22.8 Å². The first kappa shape index (κ1) is 23.9. The smallest absolute Gasteiger partial charge is 0.335 e. The van der Waals surface area contributed by atoms with Gasteiger partial charge in [0.15, 0.2) is 0 Å². The number of hydrogen-bond acceptors (Lipinski definition) is 6. The molecule has 0 bridgehead atoms. The summed E-state index contributed by atoms with van der Waals surface area (Å²) < 4.78 is 5.77. The van der Waals surface area contributed by atoms with Gasteiger partial charge in [-0.2, -0.15) is 0 Å². The molecule has 176 valence electrons. The fourth-order valence-electron chi connectivity index (χ4n) is 3.30. The lowest BCUT2D eigenvalue weighted by atomic mass is 10.1. The number of anilines is 1. The molecule has 1 N–H and O–H groups in total. The molecule has 0 unspecified atom stereocenters. The Hall–Kier alpha value is -4.21. The highest BCUT2D eigenvalue weighted by atomic mass is 35.5. The molecular weight excluding hydrogens is 497 g/mol. The van der Waals surface area contributed by atoms with Crippen LogP contribution in [0.25, 0.3) is 6.08 Å². The number of nitro groups is 1. The molecule has 1 heterocycles. The van der Waals surface area contributed by atoms with E-state index in [1.54, 1.807) is 42.5 Å². The maximum Gasteiger partial charge on any atom is 0.335 e. The molecule has 0 saturated carbocycles. The molecule has 35 heavy (non-hydrogen) atoms. The first-order valence-electron chi connectivity index (χ1n) is 10.1. The van der Waals surface area contributed by atoms with Gasteiger partial charge in [-0.15, -0.1) is 0 Å². The van der Waals surface area contributed by atoms with E-state index in [9.17, 15) is 24.5 Å². The summed E-state index contributed by atoms with van der Waals surface area (Å²) >= 11 is 12.1. The first-order valence-corrected chi connectivity index (χ1v) is 10.8. The third kappa shape index (κ3) is 5.32. The second-order valence-electron chi connectivity index (χ2n) is 7.33. The van der Waals surface area contributed by atoms with Gasteiger partial charge in [-0.1, -0.05) is 47.5 Å². The minimum atomic E-state index is -1.01. The number of nitrogens with one attached hydrogen (secondary N) is 1. The van der Waals surface area contributed by atoms with Crippen molar-refractivity contribution < 1.29 is 24.0 Å². The number of barbiturate groups is 1. The number of carbonyl (C=O) groups is 3. The van der Waals surface area contributed by atoms with Crippen LogP contribution in [0.2, 0.25) is 10.0 Å². The highest BCUT2D eigenvalue weighted by molar-refractivity contribution is 6.39. The minimum absolute atomic E-state index is 0.0444. The van der Waals surface area contributed by atoms with Gasteiger partial charge in [-0.3, -0.25) is 25.0 Å². The molecule has 4 rings (SSSR count). The van der Waals surface area contributed by atoms with E-state index in [1.807, 2.05) is 0 Å². The van der Waals surface area contributed by atoms with E-state index in [4.69, 9.17) is 27.9 Å². The van der Waals surface area contributed by atoms with Gasteiger partial charge in [-0.05, 0) is 42.0 Å². The summed E-state index contributed by atoms with van der Waals surface area (Å²) in [7, 11) is 0. The molecule has 0 atom stereocenters. The average molecular weight is 512 g/mol. The van der Waals surface area contributed by atoms with Crippen molar-refractivity contribution in [2.75, 3.05) is 4.90 Å². The van der Waals surface area contributed by atoms with Crippen molar-refractivity contribution >= 4 is 58.5 Å². The van der Waals surface area contributed by atoms with E-state index >= 15 is 0 Å². The normalized spacial score (nSPS) is 14.7. The van der Waals surface area contributed by atoms with Gasteiger partial charge in [0.1, 0.15) is 17.9 Å². The number of nitro benzene ring substituents is 1. The van der Waals surface area contributed by atoms with Crippen molar-refractivity contribution in [3.63, 3.8) is 0 Å². The van der Waals surface area contributed by atoms with Crippen LogP contribution in [-0.2, 0) is 16.2 Å². The van der Waals surface area contributed by atoms with Crippen molar-refractivity contribution in [1.82, 2.24) is 5.32 Å². The quantitative estimate of drug-likeness (QED) is 0.211. The molecule has 11 heteroatoms. The van der Waals surface area contributed by atoms with Gasteiger partial charge in [0.25, 0.3) is 17.5 Å². The first-order chi connectivity index (χ1) is 16.7.